The Morgan fingerprint density at radius 3 is 2.31 bits per heavy atom. The van der Waals surface area contributed by atoms with Crippen molar-refractivity contribution in [2.45, 2.75) is 12.6 Å². The summed E-state index contributed by atoms with van der Waals surface area (Å²) in [5.41, 5.74) is 0.938. The Morgan fingerprint density at radius 2 is 1.72 bits per heavy atom. The lowest BCUT2D eigenvalue weighted by Crippen LogP contribution is -2.51. The van der Waals surface area contributed by atoms with Crippen LogP contribution < -0.4 is 4.74 Å². The Bertz CT molecular complexity index is 836. The number of nitrogens with zero attached hydrogens (tertiary/aromatic N) is 4. The van der Waals surface area contributed by atoms with E-state index in [2.05, 4.69) is 14.7 Å². The normalized spacial score (nSPS) is 14.6. The van der Waals surface area contributed by atoms with E-state index in [9.17, 15) is 22.8 Å². The van der Waals surface area contributed by atoms with Crippen molar-refractivity contribution in [3.8, 4) is 5.88 Å². The minimum Gasteiger partial charge on any atom is -0.468 e. The van der Waals surface area contributed by atoms with Crippen LogP contribution in [0.1, 0.15) is 16.1 Å². The van der Waals surface area contributed by atoms with Crippen LogP contribution in [0, 0.1) is 0 Å². The topological polar surface area (TPSA) is 75.6 Å². The van der Waals surface area contributed by atoms with Gasteiger partial charge in [-0.05, 0) is 18.2 Å². The van der Waals surface area contributed by atoms with E-state index in [0.29, 0.717) is 31.9 Å². The summed E-state index contributed by atoms with van der Waals surface area (Å²) in [7, 11) is 0. The predicted molar refractivity (Wildman–Crippen MR) is 96.2 cm³/mol. The van der Waals surface area contributed by atoms with Gasteiger partial charge in [-0.25, -0.2) is 4.98 Å². The summed E-state index contributed by atoms with van der Waals surface area (Å²) in [6.45, 7) is 0.0786. The number of halogens is 3. The molecular weight excluding hydrogens is 389 g/mol. The van der Waals surface area contributed by atoms with E-state index in [0.717, 1.165) is 0 Å². The summed E-state index contributed by atoms with van der Waals surface area (Å²) in [6, 6.07) is 7.99. The number of pyridine rings is 2. The highest BCUT2D eigenvalue weighted by atomic mass is 19.4. The highest BCUT2D eigenvalue weighted by Crippen LogP contribution is 2.17. The van der Waals surface area contributed by atoms with E-state index >= 15 is 0 Å². The Morgan fingerprint density at radius 1 is 1.00 bits per heavy atom. The van der Waals surface area contributed by atoms with Gasteiger partial charge in [0.05, 0.1) is 12.0 Å². The van der Waals surface area contributed by atoms with E-state index in [4.69, 9.17) is 0 Å². The van der Waals surface area contributed by atoms with Gasteiger partial charge in [-0.15, -0.1) is 0 Å². The van der Waals surface area contributed by atoms with Gasteiger partial charge in [0.2, 0.25) is 11.8 Å². The summed E-state index contributed by atoms with van der Waals surface area (Å²) in [5, 5.41) is 0. The van der Waals surface area contributed by atoms with Crippen LogP contribution in [0.3, 0.4) is 0 Å². The quantitative estimate of drug-likeness (QED) is 0.756. The second kappa shape index (κ2) is 8.89. The molecule has 10 heteroatoms. The molecule has 1 aliphatic heterocycles. The molecule has 0 unspecified atom stereocenters. The molecule has 0 aromatic carbocycles. The number of amides is 2. The van der Waals surface area contributed by atoms with E-state index in [1.54, 1.807) is 28.1 Å². The Hall–Kier alpha value is -3.17. The first-order valence-electron chi connectivity index (χ1n) is 8.94. The van der Waals surface area contributed by atoms with Crippen LogP contribution in [0.4, 0.5) is 13.2 Å². The van der Waals surface area contributed by atoms with Crippen molar-refractivity contribution in [3.05, 3.63) is 54.0 Å². The first-order chi connectivity index (χ1) is 13.8. The first kappa shape index (κ1) is 20.6. The zero-order valence-corrected chi connectivity index (χ0v) is 15.4. The molecule has 7 nitrogen and oxygen atoms in total. The molecule has 0 aliphatic carbocycles. The van der Waals surface area contributed by atoms with Crippen LogP contribution in [0.5, 0.6) is 5.88 Å². The van der Waals surface area contributed by atoms with Crippen molar-refractivity contribution in [2.75, 3.05) is 32.8 Å². The maximum atomic E-state index is 12.5. The minimum atomic E-state index is -4.45. The Labute approximate surface area is 165 Å². The highest BCUT2D eigenvalue weighted by molar-refractivity contribution is 5.94. The van der Waals surface area contributed by atoms with E-state index < -0.39 is 12.8 Å². The molecule has 0 spiro atoms. The van der Waals surface area contributed by atoms with Gasteiger partial charge in [-0.2, -0.15) is 13.2 Å². The van der Waals surface area contributed by atoms with E-state index in [1.807, 2.05) is 6.07 Å². The molecule has 1 saturated heterocycles. The summed E-state index contributed by atoms with van der Waals surface area (Å²) < 4.78 is 41.0. The van der Waals surface area contributed by atoms with Crippen LogP contribution in [0.2, 0.25) is 0 Å². The fraction of sp³-hybridized carbons (Fsp3) is 0.368. The lowest BCUT2D eigenvalue weighted by atomic mass is 10.2. The van der Waals surface area contributed by atoms with Gasteiger partial charge in [0.15, 0.2) is 6.61 Å². The zero-order valence-electron chi connectivity index (χ0n) is 15.4. The molecule has 2 aromatic rings. The van der Waals surface area contributed by atoms with Crippen LogP contribution >= 0.6 is 0 Å². The number of carbonyl (C=O) groups excluding carboxylic acids is 2. The molecule has 29 heavy (non-hydrogen) atoms. The first-order valence-corrected chi connectivity index (χ1v) is 8.94. The fourth-order valence-electron chi connectivity index (χ4n) is 2.86. The summed E-state index contributed by atoms with van der Waals surface area (Å²) in [4.78, 5) is 36.1. The molecule has 154 valence electrons. The van der Waals surface area contributed by atoms with Gasteiger partial charge in [0.1, 0.15) is 0 Å². The lowest BCUT2D eigenvalue weighted by molar-refractivity contribution is -0.154. The minimum absolute atomic E-state index is 0.0522. The van der Waals surface area contributed by atoms with Crippen molar-refractivity contribution in [1.29, 1.82) is 0 Å². The molecule has 3 heterocycles. The van der Waals surface area contributed by atoms with Crippen LogP contribution in [-0.2, 0) is 11.2 Å². The number of hydrogen-bond acceptors (Lipinski definition) is 5. The van der Waals surface area contributed by atoms with Crippen molar-refractivity contribution < 1.29 is 27.5 Å². The molecule has 2 aromatic heterocycles. The molecule has 0 saturated carbocycles. The lowest BCUT2D eigenvalue weighted by Gasteiger charge is -2.34. The molecule has 3 rings (SSSR count). The van der Waals surface area contributed by atoms with Crippen molar-refractivity contribution in [2.24, 2.45) is 0 Å². The van der Waals surface area contributed by atoms with Crippen molar-refractivity contribution >= 4 is 11.8 Å². The predicted octanol–water partition coefficient (Wildman–Crippen LogP) is 1.94. The Balaban J connectivity index is 1.50. The fourth-order valence-corrected chi connectivity index (χ4v) is 2.86. The summed E-state index contributed by atoms with van der Waals surface area (Å²) in [6.07, 6.45) is -1.43. The van der Waals surface area contributed by atoms with Gasteiger partial charge < -0.3 is 14.5 Å². The summed E-state index contributed by atoms with van der Waals surface area (Å²) in [5.74, 6) is -0.552. The van der Waals surface area contributed by atoms with Crippen LogP contribution in [0.15, 0.2) is 42.7 Å². The molecule has 0 atom stereocenters. The SMILES string of the molecule is O=C(Cc1ccccn1)N1CCN(C(=O)c2ccc(OCC(F)(F)F)nc2)CC1. The average molecular weight is 408 g/mol. The number of alkyl halides is 3. The molecular formula is C19H19F3N4O3. The molecule has 0 N–H and O–H groups in total. The number of hydrogen-bond donors (Lipinski definition) is 0. The molecule has 0 bridgehead atoms. The largest absolute Gasteiger partial charge is 0.468 e. The van der Waals surface area contributed by atoms with E-state index in [1.165, 1.54) is 18.3 Å². The second-order valence-electron chi connectivity index (χ2n) is 6.46. The number of ether oxygens (including phenoxy) is 1. The van der Waals surface area contributed by atoms with Gasteiger partial charge in [-0.1, -0.05) is 6.07 Å². The molecule has 1 fully saturated rings. The average Bonchev–Trinajstić information content (AvgIpc) is 2.72. The monoisotopic (exact) mass is 408 g/mol. The zero-order chi connectivity index (χ0) is 20.9. The third-order valence-electron chi connectivity index (χ3n) is 4.35. The standard InChI is InChI=1S/C19H19F3N4O3/c20-19(21,22)13-29-16-5-4-14(12-24-16)18(28)26-9-7-25(8-10-26)17(27)11-15-3-1-2-6-23-15/h1-6,12H,7-11,13H2. The number of piperazine rings is 1. The van der Waals surface area contributed by atoms with E-state index in [-0.39, 0.29) is 29.7 Å². The van der Waals surface area contributed by atoms with Gasteiger partial charge in [-0.3, -0.25) is 14.6 Å². The van der Waals surface area contributed by atoms with Crippen LogP contribution in [0.25, 0.3) is 0 Å². The number of rotatable bonds is 5. The third kappa shape index (κ3) is 5.90. The maximum absolute atomic E-state index is 12.5. The van der Waals surface area contributed by atoms with Gasteiger partial charge >= 0.3 is 6.18 Å². The van der Waals surface area contributed by atoms with Crippen molar-refractivity contribution in [3.63, 3.8) is 0 Å². The molecule has 1 aliphatic rings. The number of carbonyl (C=O) groups is 2. The molecule has 0 radical (unpaired) electrons. The molecule has 2 amide bonds. The Kier molecular flexibility index (Phi) is 6.30. The highest BCUT2D eigenvalue weighted by Gasteiger charge is 2.29. The third-order valence-corrected chi connectivity index (χ3v) is 4.35. The maximum Gasteiger partial charge on any atom is 0.422 e. The van der Waals surface area contributed by atoms with Gasteiger partial charge in [0.25, 0.3) is 5.91 Å². The summed E-state index contributed by atoms with van der Waals surface area (Å²) >= 11 is 0. The smallest absolute Gasteiger partial charge is 0.422 e. The van der Waals surface area contributed by atoms with Crippen LogP contribution in [-0.4, -0.2) is 70.5 Å². The van der Waals surface area contributed by atoms with Crippen molar-refractivity contribution in [1.82, 2.24) is 19.8 Å². The number of aromatic nitrogens is 2. The van der Waals surface area contributed by atoms with Gasteiger partial charge in [0, 0.05) is 50.3 Å². The second-order valence-corrected chi connectivity index (χ2v) is 6.46.